The molecule has 4 rings (SSSR count). The van der Waals surface area contributed by atoms with E-state index in [-0.39, 0.29) is 5.41 Å². The number of nitrogens with zero attached hydrogens (tertiary/aromatic N) is 2. The number of aliphatic hydroxyl groups is 1. The van der Waals surface area contributed by atoms with Crippen LogP contribution < -0.4 is 0 Å². The second kappa shape index (κ2) is 6.17. The van der Waals surface area contributed by atoms with Gasteiger partial charge in [-0.1, -0.05) is 30.2 Å². The number of benzene rings is 1. The predicted molar refractivity (Wildman–Crippen MR) is 93.8 cm³/mol. The molecular weight excluding hydrogens is 324 g/mol. The molecule has 2 heterocycles. The number of aliphatic hydroxyl groups excluding tert-OH is 1. The first-order valence-corrected chi connectivity index (χ1v) is 9.03. The van der Waals surface area contributed by atoms with Gasteiger partial charge in [-0.3, -0.25) is 4.90 Å². The van der Waals surface area contributed by atoms with Crippen molar-refractivity contribution in [3.05, 3.63) is 40.7 Å². The number of aromatic nitrogens is 1. The topological polar surface area (TPSA) is 49.5 Å². The maximum atomic E-state index is 9.87. The molecule has 2 fully saturated rings. The van der Waals surface area contributed by atoms with E-state index in [0.29, 0.717) is 23.4 Å². The van der Waals surface area contributed by atoms with Crippen molar-refractivity contribution in [3.8, 4) is 11.5 Å². The molecule has 5 heteroatoms. The Morgan fingerprint density at radius 1 is 1.42 bits per heavy atom. The van der Waals surface area contributed by atoms with Gasteiger partial charge in [0.05, 0.1) is 22.9 Å². The van der Waals surface area contributed by atoms with Crippen LogP contribution in [0.1, 0.15) is 30.7 Å². The first kappa shape index (κ1) is 16.1. The van der Waals surface area contributed by atoms with Gasteiger partial charge in [-0.25, -0.2) is 4.98 Å². The molecule has 1 aromatic heterocycles. The van der Waals surface area contributed by atoms with E-state index in [4.69, 9.17) is 21.0 Å². The van der Waals surface area contributed by atoms with Gasteiger partial charge in [0.15, 0.2) is 0 Å². The highest BCUT2D eigenvalue weighted by molar-refractivity contribution is 6.33. The van der Waals surface area contributed by atoms with E-state index in [1.165, 1.54) is 12.8 Å². The van der Waals surface area contributed by atoms with E-state index in [1.54, 1.807) is 0 Å². The van der Waals surface area contributed by atoms with Crippen molar-refractivity contribution >= 4 is 11.6 Å². The molecule has 0 spiro atoms. The van der Waals surface area contributed by atoms with Gasteiger partial charge in [0.1, 0.15) is 5.76 Å². The van der Waals surface area contributed by atoms with Gasteiger partial charge in [0.25, 0.3) is 0 Å². The maximum absolute atomic E-state index is 9.87. The summed E-state index contributed by atoms with van der Waals surface area (Å²) < 4.78 is 5.87. The predicted octanol–water partition coefficient (Wildman–Crippen LogP) is 3.90. The maximum Gasteiger partial charge on any atom is 0.228 e. The molecular formula is C19H23ClN2O2. The summed E-state index contributed by atoms with van der Waals surface area (Å²) in [5.74, 6) is 2.06. The van der Waals surface area contributed by atoms with Crippen molar-refractivity contribution in [1.29, 1.82) is 0 Å². The number of halogens is 1. The number of hydrogen-bond donors (Lipinski definition) is 1. The van der Waals surface area contributed by atoms with Gasteiger partial charge in [-0.2, -0.15) is 0 Å². The van der Waals surface area contributed by atoms with E-state index in [1.807, 2.05) is 31.2 Å². The average molecular weight is 347 g/mol. The van der Waals surface area contributed by atoms with Crippen molar-refractivity contribution in [2.75, 3.05) is 19.7 Å². The Kier molecular flexibility index (Phi) is 4.15. The van der Waals surface area contributed by atoms with Crippen LogP contribution in [0, 0.1) is 18.3 Å². The number of aryl methyl sites for hydroxylation is 1. The minimum atomic E-state index is 0.114. The van der Waals surface area contributed by atoms with Crippen LogP contribution in [0.2, 0.25) is 5.02 Å². The smallest absolute Gasteiger partial charge is 0.228 e. The van der Waals surface area contributed by atoms with Gasteiger partial charge in [0, 0.05) is 25.0 Å². The molecule has 24 heavy (non-hydrogen) atoms. The summed E-state index contributed by atoms with van der Waals surface area (Å²) >= 11 is 6.25. The van der Waals surface area contributed by atoms with Crippen LogP contribution in [0.5, 0.6) is 0 Å². The van der Waals surface area contributed by atoms with Crippen LogP contribution in [0.4, 0.5) is 0 Å². The molecule has 128 valence electrons. The summed E-state index contributed by atoms with van der Waals surface area (Å²) in [6.45, 7) is 5.05. The molecule has 2 atom stereocenters. The Balaban J connectivity index is 1.53. The molecule has 0 radical (unpaired) electrons. The summed E-state index contributed by atoms with van der Waals surface area (Å²) in [6, 6.07) is 7.62. The molecule has 0 amide bonds. The average Bonchev–Trinajstić information content (AvgIpc) is 3.21. The van der Waals surface area contributed by atoms with E-state index in [9.17, 15) is 5.11 Å². The molecule has 1 aliphatic carbocycles. The third kappa shape index (κ3) is 2.67. The molecule has 2 aromatic rings. The molecule has 1 aromatic carbocycles. The van der Waals surface area contributed by atoms with Crippen molar-refractivity contribution in [2.45, 2.75) is 32.7 Å². The Morgan fingerprint density at radius 3 is 3.00 bits per heavy atom. The molecule has 1 N–H and O–H groups in total. The summed E-state index contributed by atoms with van der Waals surface area (Å²) in [4.78, 5) is 7.11. The summed E-state index contributed by atoms with van der Waals surface area (Å²) in [5.41, 5.74) is 1.92. The fourth-order valence-corrected chi connectivity index (χ4v) is 4.66. The summed E-state index contributed by atoms with van der Waals surface area (Å²) in [7, 11) is 0. The second-order valence-corrected chi connectivity index (χ2v) is 7.69. The lowest BCUT2D eigenvalue weighted by molar-refractivity contribution is 0.111. The highest BCUT2D eigenvalue weighted by Crippen LogP contribution is 2.48. The van der Waals surface area contributed by atoms with Crippen LogP contribution in [-0.4, -0.2) is 34.7 Å². The Hall–Kier alpha value is -1.36. The molecule has 0 bridgehead atoms. The monoisotopic (exact) mass is 346 g/mol. The Bertz CT molecular complexity index is 745. The van der Waals surface area contributed by atoms with Gasteiger partial charge in [-0.15, -0.1) is 0 Å². The quantitative estimate of drug-likeness (QED) is 0.912. The minimum absolute atomic E-state index is 0.114. The highest BCUT2D eigenvalue weighted by Gasteiger charge is 2.48. The van der Waals surface area contributed by atoms with Gasteiger partial charge < -0.3 is 9.52 Å². The molecule has 2 aliphatic rings. The van der Waals surface area contributed by atoms with Gasteiger partial charge in [0.2, 0.25) is 5.89 Å². The van der Waals surface area contributed by atoms with Crippen LogP contribution in [0.15, 0.2) is 28.7 Å². The van der Waals surface area contributed by atoms with Crippen LogP contribution in [-0.2, 0) is 6.54 Å². The number of hydrogen-bond acceptors (Lipinski definition) is 4. The number of fused-ring (bicyclic) bond motifs is 1. The van der Waals surface area contributed by atoms with Crippen molar-refractivity contribution in [3.63, 3.8) is 0 Å². The molecule has 0 unspecified atom stereocenters. The molecule has 1 saturated carbocycles. The Morgan fingerprint density at radius 2 is 2.25 bits per heavy atom. The van der Waals surface area contributed by atoms with E-state index in [2.05, 4.69) is 4.90 Å². The first-order chi connectivity index (χ1) is 11.6. The number of likely N-dealkylation sites (tertiary alicyclic amines) is 1. The van der Waals surface area contributed by atoms with E-state index in [0.717, 1.165) is 43.1 Å². The van der Waals surface area contributed by atoms with E-state index < -0.39 is 0 Å². The van der Waals surface area contributed by atoms with Gasteiger partial charge >= 0.3 is 0 Å². The minimum Gasteiger partial charge on any atom is -0.441 e. The number of rotatable bonds is 4. The highest BCUT2D eigenvalue weighted by atomic mass is 35.5. The van der Waals surface area contributed by atoms with Gasteiger partial charge in [-0.05, 0) is 37.8 Å². The molecule has 1 saturated heterocycles. The fourth-order valence-electron chi connectivity index (χ4n) is 4.44. The SMILES string of the molecule is Cc1oc(-c2ccccc2Cl)nc1CN1C[C@@H]2CCC[C@]2(CO)C1. The van der Waals surface area contributed by atoms with Crippen molar-refractivity contribution in [1.82, 2.24) is 9.88 Å². The Labute approximate surface area is 147 Å². The summed E-state index contributed by atoms with van der Waals surface area (Å²) in [6.07, 6.45) is 3.63. The lowest BCUT2D eigenvalue weighted by Gasteiger charge is -2.26. The largest absolute Gasteiger partial charge is 0.441 e. The third-order valence-corrected chi connectivity index (χ3v) is 6.13. The lowest BCUT2D eigenvalue weighted by atomic mass is 9.82. The fraction of sp³-hybridized carbons (Fsp3) is 0.526. The zero-order valence-corrected chi connectivity index (χ0v) is 14.7. The normalized spacial score (nSPS) is 26.9. The van der Waals surface area contributed by atoms with Crippen LogP contribution >= 0.6 is 11.6 Å². The molecule has 4 nitrogen and oxygen atoms in total. The van der Waals surface area contributed by atoms with Crippen molar-refractivity contribution < 1.29 is 9.52 Å². The van der Waals surface area contributed by atoms with E-state index >= 15 is 0 Å². The summed E-state index contributed by atoms with van der Waals surface area (Å²) in [5, 5.41) is 10.5. The number of oxazole rings is 1. The van der Waals surface area contributed by atoms with Crippen LogP contribution in [0.3, 0.4) is 0 Å². The lowest BCUT2D eigenvalue weighted by Crippen LogP contribution is -2.30. The standard InChI is InChI=1S/C19H23ClN2O2/c1-13-17(21-18(24-13)15-6-2-3-7-16(15)20)10-22-9-14-5-4-8-19(14,11-22)12-23/h2-3,6-7,14,23H,4-5,8-12H2,1H3/t14-,19+/m0/s1. The van der Waals surface area contributed by atoms with Crippen molar-refractivity contribution in [2.24, 2.45) is 11.3 Å². The zero-order valence-electron chi connectivity index (χ0n) is 14.0. The molecule has 1 aliphatic heterocycles. The first-order valence-electron chi connectivity index (χ1n) is 8.66. The second-order valence-electron chi connectivity index (χ2n) is 7.28. The van der Waals surface area contributed by atoms with Crippen LogP contribution in [0.25, 0.3) is 11.5 Å². The zero-order chi connectivity index (χ0) is 16.7. The third-order valence-electron chi connectivity index (χ3n) is 5.80.